The normalized spacial score (nSPS) is 10.7. The molecule has 0 unspecified atom stereocenters. The summed E-state index contributed by atoms with van der Waals surface area (Å²) in [6, 6.07) is 11.8. The maximum atomic E-state index is 5.73. The molecule has 0 atom stereocenters. The van der Waals surface area contributed by atoms with E-state index in [4.69, 9.17) is 13.9 Å². The lowest BCUT2D eigenvalue weighted by Gasteiger charge is -2.06. The van der Waals surface area contributed by atoms with Gasteiger partial charge in [-0.15, -0.1) is 0 Å². The zero-order valence-electron chi connectivity index (χ0n) is 12.0. The SMILES string of the molecule is CCNCc1ccc(COc2cccc(COC)c2)o1. The molecule has 20 heavy (non-hydrogen) atoms. The third kappa shape index (κ3) is 4.40. The van der Waals surface area contributed by atoms with Crippen molar-refractivity contribution in [3.63, 3.8) is 0 Å². The standard InChI is InChI=1S/C16H21NO3/c1-3-17-10-15-7-8-16(20-15)12-19-14-6-4-5-13(9-14)11-18-2/h4-9,17H,3,10-12H2,1-2H3. The highest BCUT2D eigenvalue weighted by atomic mass is 16.5. The second-order valence-electron chi connectivity index (χ2n) is 4.52. The van der Waals surface area contributed by atoms with Crippen LogP contribution in [0.5, 0.6) is 5.75 Å². The smallest absolute Gasteiger partial charge is 0.146 e. The highest BCUT2D eigenvalue weighted by Crippen LogP contribution is 2.16. The largest absolute Gasteiger partial charge is 0.486 e. The summed E-state index contributed by atoms with van der Waals surface area (Å²) in [4.78, 5) is 0. The Morgan fingerprint density at radius 2 is 1.95 bits per heavy atom. The number of benzene rings is 1. The van der Waals surface area contributed by atoms with Crippen molar-refractivity contribution in [3.8, 4) is 5.75 Å². The predicted octanol–water partition coefficient (Wildman–Crippen LogP) is 3.11. The minimum absolute atomic E-state index is 0.433. The molecule has 0 bridgehead atoms. The van der Waals surface area contributed by atoms with Gasteiger partial charge in [-0.05, 0) is 36.4 Å². The van der Waals surface area contributed by atoms with Crippen LogP contribution in [0.25, 0.3) is 0 Å². The first-order valence-electron chi connectivity index (χ1n) is 6.80. The van der Waals surface area contributed by atoms with E-state index in [-0.39, 0.29) is 0 Å². The van der Waals surface area contributed by atoms with Crippen LogP contribution in [0.2, 0.25) is 0 Å². The Balaban J connectivity index is 1.88. The van der Waals surface area contributed by atoms with Crippen LogP contribution >= 0.6 is 0 Å². The van der Waals surface area contributed by atoms with Gasteiger partial charge in [-0.1, -0.05) is 19.1 Å². The Labute approximate surface area is 119 Å². The number of hydrogen-bond donors (Lipinski definition) is 1. The average Bonchev–Trinajstić information content (AvgIpc) is 2.92. The second kappa shape index (κ2) is 7.72. The number of methoxy groups -OCH3 is 1. The topological polar surface area (TPSA) is 43.6 Å². The molecule has 1 aromatic carbocycles. The van der Waals surface area contributed by atoms with Gasteiger partial charge in [-0.3, -0.25) is 0 Å². The molecule has 0 saturated carbocycles. The van der Waals surface area contributed by atoms with E-state index in [2.05, 4.69) is 12.2 Å². The molecule has 1 heterocycles. The van der Waals surface area contributed by atoms with Gasteiger partial charge in [-0.25, -0.2) is 0 Å². The van der Waals surface area contributed by atoms with Crippen molar-refractivity contribution < 1.29 is 13.9 Å². The first-order chi connectivity index (χ1) is 9.81. The van der Waals surface area contributed by atoms with Crippen molar-refractivity contribution in [2.24, 2.45) is 0 Å². The molecule has 0 amide bonds. The quantitative estimate of drug-likeness (QED) is 0.804. The third-order valence-electron chi connectivity index (χ3n) is 2.86. The fourth-order valence-corrected chi connectivity index (χ4v) is 1.89. The summed E-state index contributed by atoms with van der Waals surface area (Å²) < 4.78 is 16.5. The van der Waals surface area contributed by atoms with E-state index in [1.807, 2.05) is 36.4 Å². The Kier molecular flexibility index (Phi) is 5.65. The van der Waals surface area contributed by atoms with E-state index in [0.717, 1.165) is 35.9 Å². The van der Waals surface area contributed by atoms with Crippen molar-refractivity contribution in [2.75, 3.05) is 13.7 Å². The van der Waals surface area contributed by atoms with Crippen LogP contribution in [-0.4, -0.2) is 13.7 Å². The lowest BCUT2D eigenvalue weighted by molar-refractivity contribution is 0.184. The summed E-state index contributed by atoms with van der Waals surface area (Å²) in [6.07, 6.45) is 0. The van der Waals surface area contributed by atoms with Crippen molar-refractivity contribution in [3.05, 3.63) is 53.5 Å². The van der Waals surface area contributed by atoms with E-state index >= 15 is 0 Å². The van der Waals surface area contributed by atoms with Crippen LogP contribution in [0.3, 0.4) is 0 Å². The van der Waals surface area contributed by atoms with E-state index < -0.39 is 0 Å². The molecule has 4 heteroatoms. The summed E-state index contributed by atoms with van der Waals surface area (Å²) in [7, 11) is 1.68. The monoisotopic (exact) mass is 275 g/mol. The fraction of sp³-hybridized carbons (Fsp3) is 0.375. The Bertz CT molecular complexity index is 522. The Hall–Kier alpha value is -1.78. The fourth-order valence-electron chi connectivity index (χ4n) is 1.89. The van der Waals surface area contributed by atoms with Gasteiger partial charge < -0.3 is 19.2 Å². The minimum Gasteiger partial charge on any atom is -0.486 e. The van der Waals surface area contributed by atoms with Gasteiger partial charge in [0.2, 0.25) is 0 Å². The number of nitrogens with one attached hydrogen (secondary N) is 1. The lowest BCUT2D eigenvalue weighted by atomic mass is 10.2. The lowest BCUT2D eigenvalue weighted by Crippen LogP contribution is -2.10. The van der Waals surface area contributed by atoms with Gasteiger partial charge in [0.15, 0.2) is 0 Å². The highest BCUT2D eigenvalue weighted by molar-refractivity contribution is 5.28. The molecule has 0 aliphatic heterocycles. The maximum absolute atomic E-state index is 5.73. The van der Waals surface area contributed by atoms with Crippen LogP contribution in [0.1, 0.15) is 24.0 Å². The molecule has 0 aliphatic carbocycles. The number of ether oxygens (including phenoxy) is 2. The summed E-state index contributed by atoms with van der Waals surface area (Å²) in [5, 5.41) is 3.22. The summed E-state index contributed by atoms with van der Waals surface area (Å²) >= 11 is 0. The predicted molar refractivity (Wildman–Crippen MR) is 77.6 cm³/mol. The molecule has 1 aromatic heterocycles. The Morgan fingerprint density at radius 3 is 2.75 bits per heavy atom. The average molecular weight is 275 g/mol. The van der Waals surface area contributed by atoms with E-state index in [1.54, 1.807) is 7.11 Å². The van der Waals surface area contributed by atoms with Gasteiger partial charge in [0.05, 0.1) is 13.2 Å². The van der Waals surface area contributed by atoms with E-state index in [9.17, 15) is 0 Å². The molecule has 0 saturated heterocycles. The second-order valence-corrected chi connectivity index (χ2v) is 4.52. The van der Waals surface area contributed by atoms with Crippen molar-refractivity contribution in [1.82, 2.24) is 5.32 Å². The molecule has 0 aliphatic rings. The van der Waals surface area contributed by atoms with Crippen LogP contribution < -0.4 is 10.1 Å². The molecule has 4 nitrogen and oxygen atoms in total. The van der Waals surface area contributed by atoms with Crippen LogP contribution in [0, 0.1) is 0 Å². The molecule has 1 N–H and O–H groups in total. The molecule has 2 rings (SSSR count). The number of rotatable bonds is 8. The zero-order valence-corrected chi connectivity index (χ0v) is 12.0. The molecule has 108 valence electrons. The first-order valence-corrected chi connectivity index (χ1v) is 6.80. The van der Waals surface area contributed by atoms with Crippen molar-refractivity contribution in [2.45, 2.75) is 26.7 Å². The van der Waals surface area contributed by atoms with Crippen LogP contribution in [0.4, 0.5) is 0 Å². The molecular formula is C16H21NO3. The van der Waals surface area contributed by atoms with Crippen molar-refractivity contribution in [1.29, 1.82) is 0 Å². The molecule has 0 spiro atoms. The maximum Gasteiger partial charge on any atom is 0.146 e. The van der Waals surface area contributed by atoms with Gasteiger partial charge in [0, 0.05) is 7.11 Å². The molecular weight excluding hydrogens is 254 g/mol. The molecule has 2 aromatic rings. The van der Waals surface area contributed by atoms with Gasteiger partial charge in [0.25, 0.3) is 0 Å². The van der Waals surface area contributed by atoms with E-state index in [1.165, 1.54) is 0 Å². The van der Waals surface area contributed by atoms with Gasteiger partial charge in [0.1, 0.15) is 23.9 Å². The highest BCUT2D eigenvalue weighted by Gasteiger charge is 2.03. The molecule has 0 fully saturated rings. The van der Waals surface area contributed by atoms with Crippen LogP contribution in [-0.2, 0) is 24.5 Å². The third-order valence-corrected chi connectivity index (χ3v) is 2.86. The summed E-state index contributed by atoms with van der Waals surface area (Å²) in [5.41, 5.74) is 1.09. The van der Waals surface area contributed by atoms with Gasteiger partial charge in [-0.2, -0.15) is 0 Å². The van der Waals surface area contributed by atoms with Crippen molar-refractivity contribution >= 4 is 0 Å². The Morgan fingerprint density at radius 1 is 1.10 bits per heavy atom. The van der Waals surface area contributed by atoms with Crippen LogP contribution in [0.15, 0.2) is 40.8 Å². The minimum atomic E-state index is 0.433. The number of furan rings is 1. The van der Waals surface area contributed by atoms with Gasteiger partial charge >= 0.3 is 0 Å². The summed E-state index contributed by atoms with van der Waals surface area (Å²) in [5.74, 6) is 2.58. The summed E-state index contributed by atoms with van der Waals surface area (Å²) in [6.45, 7) is 4.77. The zero-order chi connectivity index (χ0) is 14.2. The van der Waals surface area contributed by atoms with E-state index in [0.29, 0.717) is 13.2 Å². The molecule has 0 radical (unpaired) electrons. The number of hydrogen-bond acceptors (Lipinski definition) is 4. The first kappa shape index (κ1) is 14.6.